The zero-order valence-electron chi connectivity index (χ0n) is 8.99. The summed E-state index contributed by atoms with van der Waals surface area (Å²) in [6, 6.07) is 5.93. The number of phenols is 1. The van der Waals surface area contributed by atoms with Crippen LogP contribution < -0.4 is 10.1 Å². The van der Waals surface area contributed by atoms with Gasteiger partial charge in [-0.15, -0.1) is 0 Å². The lowest BCUT2D eigenvalue weighted by molar-refractivity contribution is 0.354. The van der Waals surface area contributed by atoms with Crippen LogP contribution in [0.25, 0.3) is 0 Å². The van der Waals surface area contributed by atoms with Crippen molar-refractivity contribution in [3.05, 3.63) is 23.8 Å². The van der Waals surface area contributed by atoms with Crippen molar-refractivity contribution >= 4 is 0 Å². The molecule has 2 rings (SSSR count). The van der Waals surface area contributed by atoms with E-state index in [1.54, 1.807) is 13.2 Å². The lowest BCUT2D eigenvalue weighted by atomic mass is 9.96. The van der Waals surface area contributed by atoms with E-state index in [0.717, 1.165) is 18.5 Å². The first-order valence-electron chi connectivity index (χ1n) is 5.42. The van der Waals surface area contributed by atoms with E-state index in [1.165, 1.54) is 12.8 Å². The fourth-order valence-corrected chi connectivity index (χ4v) is 2.10. The SMILES string of the molecule is COc1cccc(C2CCCCN2)c1O. The van der Waals surface area contributed by atoms with Crippen LogP contribution in [0.1, 0.15) is 30.9 Å². The Kier molecular flexibility index (Phi) is 3.11. The number of piperidine rings is 1. The Morgan fingerprint density at radius 1 is 1.40 bits per heavy atom. The summed E-state index contributed by atoms with van der Waals surface area (Å²) in [6.45, 7) is 1.03. The van der Waals surface area contributed by atoms with Gasteiger partial charge in [-0.25, -0.2) is 0 Å². The molecule has 1 aliphatic heterocycles. The number of para-hydroxylation sites is 1. The first-order chi connectivity index (χ1) is 7.33. The maximum absolute atomic E-state index is 9.98. The predicted molar refractivity (Wildman–Crippen MR) is 59.3 cm³/mol. The quantitative estimate of drug-likeness (QED) is 0.781. The molecule has 1 aromatic carbocycles. The number of methoxy groups -OCH3 is 1. The maximum atomic E-state index is 9.98. The molecule has 0 amide bonds. The summed E-state index contributed by atoms with van der Waals surface area (Å²) >= 11 is 0. The van der Waals surface area contributed by atoms with Crippen molar-refractivity contribution in [2.45, 2.75) is 25.3 Å². The normalized spacial score (nSPS) is 21.3. The number of benzene rings is 1. The number of hydrogen-bond acceptors (Lipinski definition) is 3. The monoisotopic (exact) mass is 207 g/mol. The molecule has 1 atom stereocenters. The highest BCUT2D eigenvalue weighted by Crippen LogP contribution is 2.36. The van der Waals surface area contributed by atoms with Crippen LogP contribution in [0.3, 0.4) is 0 Å². The summed E-state index contributed by atoms with van der Waals surface area (Å²) < 4.78 is 5.10. The van der Waals surface area contributed by atoms with Gasteiger partial charge in [0, 0.05) is 11.6 Å². The van der Waals surface area contributed by atoms with E-state index in [-0.39, 0.29) is 11.8 Å². The van der Waals surface area contributed by atoms with E-state index in [4.69, 9.17) is 4.74 Å². The summed E-state index contributed by atoms with van der Waals surface area (Å²) in [4.78, 5) is 0. The minimum absolute atomic E-state index is 0.272. The molecule has 1 unspecified atom stereocenters. The van der Waals surface area contributed by atoms with Gasteiger partial charge in [-0.1, -0.05) is 18.6 Å². The van der Waals surface area contributed by atoms with Gasteiger partial charge in [0.15, 0.2) is 11.5 Å². The molecule has 3 heteroatoms. The van der Waals surface area contributed by atoms with Crippen LogP contribution in [0.5, 0.6) is 11.5 Å². The minimum Gasteiger partial charge on any atom is -0.504 e. The third kappa shape index (κ3) is 2.07. The molecule has 2 N–H and O–H groups in total. The van der Waals surface area contributed by atoms with E-state index in [1.807, 2.05) is 12.1 Å². The Labute approximate surface area is 90.1 Å². The molecule has 1 heterocycles. The number of nitrogens with one attached hydrogen (secondary N) is 1. The van der Waals surface area contributed by atoms with E-state index < -0.39 is 0 Å². The predicted octanol–water partition coefficient (Wildman–Crippen LogP) is 2.22. The van der Waals surface area contributed by atoms with Gasteiger partial charge >= 0.3 is 0 Å². The second-order valence-electron chi connectivity index (χ2n) is 3.90. The molecule has 0 aromatic heterocycles. The zero-order chi connectivity index (χ0) is 10.7. The lowest BCUT2D eigenvalue weighted by Gasteiger charge is -2.24. The Hall–Kier alpha value is -1.22. The van der Waals surface area contributed by atoms with Gasteiger partial charge in [-0.3, -0.25) is 0 Å². The van der Waals surface area contributed by atoms with Crippen LogP contribution in [-0.4, -0.2) is 18.8 Å². The number of rotatable bonds is 2. The van der Waals surface area contributed by atoms with E-state index in [9.17, 15) is 5.11 Å². The third-order valence-corrected chi connectivity index (χ3v) is 2.94. The van der Waals surface area contributed by atoms with E-state index in [2.05, 4.69) is 5.32 Å². The fourth-order valence-electron chi connectivity index (χ4n) is 2.10. The molecule has 0 saturated carbocycles. The van der Waals surface area contributed by atoms with E-state index in [0.29, 0.717) is 5.75 Å². The highest BCUT2D eigenvalue weighted by Gasteiger charge is 2.19. The molecule has 3 nitrogen and oxygen atoms in total. The van der Waals surface area contributed by atoms with Crippen LogP contribution in [-0.2, 0) is 0 Å². The van der Waals surface area contributed by atoms with E-state index >= 15 is 0 Å². The van der Waals surface area contributed by atoms with Gasteiger partial charge < -0.3 is 15.2 Å². The van der Waals surface area contributed by atoms with Gasteiger partial charge in [-0.2, -0.15) is 0 Å². The van der Waals surface area contributed by atoms with Gasteiger partial charge in [-0.05, 0) is 25.5 Å². The molecule has 0 aliphatic carbocycles. The summed E-state index contributed by atoms with van der Waals surface area (Å²) in [5.74, 6) is 0.833. The Morgan fingerprint density at radius 2 is 2.27 bits per heavy atom. The Bertz CT molecular complexity index is 332. The smallest absolute Gasteiger partial charge is 0.162 e. The minimum atomic E-state index is 0.272. The molecule has 1 aromatic rings. The standard InChI is InChI=1S/C12H17NO2/c1-15-11-7-4-5-9(12(11)14)10-6-2-3-8-13-10/h4-5,7,10,13-14H,2-3,6,8H2,1H3. The third-order valence-electron chi connectivity index (χ3n) is 2.94. The van der Waals surface area contributed by atoms with Gasteiger partial charge in [0.2, 0.25) is 0 Å². The first kappa shape index (κ1) is 10.3. The number of ether oxygens (including phenoxy) is 1. The number of phenolic OH excluding ortho intramolecular Hbond substituents is 1. The van der Waals surface area contributed by atoms with Crippen molar-refractivity contribution in [2.24, 2.45) is 0 Å². The topological polar surface area (TPSA) is 41.5 Å². The second-order valence-corrected chi connectivity index (χ2v) is 3.90. The van der Waals surface area contributed by atoms with Crippen LogP contribution in [0.15, 0.2) is 18.2 Å². The number of aromatic hydroxyl groups is 1. The maximum Gasteiger partial charge on any atom is 0.162 e. The van der Waals surface area contributed by atoms with Gasteiger partial charge in [0.25, 0.3) is 0 Å². The highest BCUT2D eigenvalue weighted by atomic mass is 16.5. The van der Waals surface area contributed by atoms with Crippen LogP contribution in [0.4, 0.5) is 0 Å². The van der Waals surface area contributed by atoms with Gasteiger partial charge in [0.1, 0.15) is 0 Å². The Balaban J connectivity index is 2.26. The second kappa shape index (κ2) is 4.53. The summed E-state index contributed by atoms with van der Waals surface area (Å²) in [5.41, 5.74) is 0.953. The number of hydrogen-bond donors (Lipinski definition) is 2. The molecule has 1 fully saturated rings. The Morgan fingerprint density at radius 3 is 2.93 bits per heavy atom. The molecule has 1 saturated heterocycles. The fraction of sp³-hybridized carbons (Fsp3) is 0.500. The molecular weight excluding hydrogens is 190 g/mol. The molecule has 1 aliphatic rings. The average Bonchev–Trinajstić information content (AvgIpc) is 2.30. The van der Waals surface area contributed by atoms with Crippen molar-refractivity contribution < 1.29 is 9.84 Å². The summed E-state index contributed by atoms with van der Waals surface area (Å²) in [5, 5.41) is 13.4. The van der Waals surface area contributed by atoms with Crippen molar-refractivity contribution in [1.29, 1.82) is 0 Å². The summed E-state index contributed by atoms with van der Waals surface area (Å²) in [6.07, 6.45) is 3.52. The van der Waals surface area contributed by atoms with Gasteiger partial charge in [0.05, 0.1) is 7.11 Å². The first-order valence-corrected chi connectivity index (χ1v) is 5.42. The lowest BCUT2D eigenvalue weighted by Crippen LogP contribution is -2.26. The highest BCUT2D eigenvalue weighted by molar-refractivity contribution is 5.46. The zero-order valence-corrected chi connectivity index (χ0v) is 8.99. The molecular formula is C12H17NO2. The van der Waals surface area contributed by atoms with Crippen molar-refractivity contribution in [3.8, 4) is 11.5 Å². The van der Waals surface area contributed by atoms with Crippen molar-refractivity contribution in [3.63, 3.8) is 0 Å². The summed E-state index contributed by atoms with van der Waals surface area (Å²) in [7, 11) is 1.58. The molecule has 0 radical (unpaired) electrons. The molecule has 0 bridgehead atoms. The molecule has 15 heavy (non-hydrogen) atoms. The van der Waals surface area contributed by atoms with Crippen LogP contribution in [0.2, 0.25) is 0 Å². The van der Waals surface area contributed by atoms with Crippen LogP contribution >= 0.6 is 0 Å². The molecule has 0 spiro atoms. The largest absolute Gasteiger partial charge is 0.504 e. The van der Waals surface area contributed by atoms with Crippen molar-refractivity contribution in [2.75, 3.05) is 13.7 Å². The van der Waals surface area contributed by atoms with Crippen molar-refractivity contribution in [1.82, 2.24) is 5.32 Å². The average molecular weight is 207 g/mol. The molecule has 82 valence electrons. The van der Waals surface area contributed by atoms with Crippen LogP contribution in [0, 0.1) is 0 Å².